The fourth-order valence-corrected chi connectivity index (χ4v) is 5.01. The zero-order valence-corrected chi connectivity index (χ0v) is 18.2. The predicted octanol–water partition coefficient (Wildman–Crippen LogP) is 3.81. The summed E-state index contributed by atoms with van der Waals surface area (Å²) in [7, 11) is -3.70. The van der Waals surface area contributed by atoms with Gasteiger partial charge in [0.15, 0.2) is 0 Å². The Bertz CT molecular complexity index is 1400. The molecule has 0 saturated carbocycles. The number of nitrogens with zero attached hydrogens (tertiary/aromatic N) is 1. The Morgan fingerprint density at radius 2 is 1.58 bits per heavy atom. The molecular weight excluding hydrogens is 434 g/mol. The number of amides is 1. The minimum Gasteiger partial charge on any atom is -0.325 e. The third-order valence-electron chi connectivity index (χ3n) is 4.63. The molecule has 0 unspecified atom stereocenters. The molecule has 1 aromatic heterocycles. The van der Waals surface area contributed by atoms with Gasteiger partial charge in [0.2, 0.25) is 5.91 Å². The number of fused-ring (bicyclic) bond motifs is 1. The summed E-state index contributed by atoms with van der Waals surface area (Å²) in [5.41, 5.74) is 2.56. The van der Waals surface area contributed by atoms with Crippen LogP contribution in [0.4, 0.5) is 11.4 Å². The lowest BCUT2D eigenvalue weighted by Gasteiger charge is -2.10. The second kappa shape index (κ2) is 8.37. The average molecular weight is 454 g/mol. The number of para-hydroxylation sites is 1. The van der Waals surface area contributed by atoms with E-state index < -0.39 is 10.0 Å². The molecule has 0 saturated heterocycles. The predicted molar refractivity (Wildman–Crippen MR) is 123 cm³/mol. The Morgan fingerprint density at radius 3 is 2.29 bits per heavy atom. The fraction of sp³-hybridized carbons (Fsp3) is 0.0909. The number of aromatic nitrogens is 1. The van der Waals surface area contributed by atoms with Gasteiger partial charge in [0.1, 0.15) is 6.54 Å². The highest BCUT2D eigenvalue weighted by atomic mass is 32.2. The molecule has 1 amide bonds. The lowest BCUT2D eigenvalue weighted by atomic mass is 10.2. The highest BCUT2D eigenvalue weighted by molar-refractivity contribution is 7.92. The molecule has 0 bridgehead atoms. The number of carbonyl (C=O) groups is 1. The molecule has 31 heavy (non-hydrogen) atoms. The van der Waals surface area contributed by atoms with E-state index in [1.165, 1.54) is 4.57 Å². The van der Waals surface area contributed by atoms with Crippen LogP contribution in [-0.2, 0) is 21.4 Å². The van der Waals surface area contributed by atoms with Crippen LogP contribution in [0.25, 0.3) is 10.2 Å². The Balaban J connectivity index is 1.43. The summed E-state index contributed by atoms with van der Waals surface area (Å²) >= 11 is 1.10. The van der Waals surface area contributed by atoms with E-state index in [2.05, 4.69) is 10.0 Å². The summed E-state index contributed by atoms with van der Waals surface area (Å²) < 4.78 is 29.7. The first-order valence-corrected chi connectivity index (χ1v) is 11.7. The Hall–Kier alpha value is -3.43. The summed E-state index contributed by atoms with van der Waals surface area (Å²) in [5, 5.41) is 2.73. The van der Waals surface area contributed by atoms with Gasteiger partial charge in [-0.2, -0.15) is 0 Å². The summed E-state index contributed by atoms with van der Waals surface area (Å²) in [4.78, 5) is 24.6. The monoisotopic (exact) mass is 453 g/mol. The van der Waals surface area contributed by atoms with Crippen molar-refractivity contribution in [2.75, 3.05) is 10.0 Å². The number of benzene rings is 3. The van der Waals surface area contributed by atoms with Crippen LogP contribution in [-0.4, -0.2) is 18.9 Å². The molecule has 0 spiro atoms. The smallest absolute Gasteiger partial charge is 0.308 e. The van der Waals surface area contributed by atoms with Gasteiger partial charge in [0.05, 0.1) is 15.1 Å². The highest BCUT2D eigenvalue weighted by Crippen LogP contribution is 2.20. The first-order chi connectivity index (χ1) is 14.8. The van der Waals surface area contributed by atoms with Crippen LogP contribution in [0, 0.1) is 6.92 Å². The lowest BCUT2D eigenvalue weighted by Crippen LogP contribution is -2.24. The van der Waals surface area contributed by atoms with Crippen LogP contribution in [0.15, 0.2) is 82.5 Å². The zero-order valence-electron chi connectivity index (χ0n) is 16.5. The maximum absolute atomic E-state index is 12.5. The van der Waals surface area contributed by atoms with Crippen molar-refractivity contribution in [1.29, 1.82) is 0 Å². The molecule has 0 fully saturated rings. The number of hydrogen-bond acceptors (Lipinski definition) is 5. The van der Waals surface area contributed by atoms with Gasteiger partial charge < -0.3 is 5.32 Å². The van der Waals surface area contributed by atoms with Crippen molar-refractivity contribution in [3.63, 3.8) is 0 Å². The minimum atomic E-state index is -3.70. The van der Waals surface area contributed by atoms with Gasteiger partial charge in [-0.15, -0.1) is 0 Å². The topological polar surface area (TPSA) is 97.3 Å². The molecule has 0 aliphatic heterocycles. The molecular formula is C22H19N3O4S2. The summed E-state index contributed by atoms with van der Waals surface area (Å²) in [6, 6.07) is 20.2. The van der Waals surface area contributed by atoms with Gasteiger partial charge in [0.25, 0.3) is 10.0 Å². The molecule has 4 aromatic rings. The van der Waals surface area contributed by atoms with E-state index in [1.54, 1.807) is 54.6 Å². The fourth-order valence-electron chi connectivity index (χ4n) is 3.06. The number of hydrogen-bond donors (Lipinski definition) is 2. The van der Waals surface area contributed by atoms with Crippen molar-refractivity contribution < 1.29 is 13.2 Å². The number of nitrogens with one attached hydrogen (secondary N) is 2. The molecule has 0 aliphatic rings. The van der Waals surface area contributed by atoms with Crippen molar-refractivity contribution in [2.45, 2.75) is 18.4 Å². The van der Waals surface area contributed by atoms with Crippen LogP contribution in [0.2, 0.25) is 0 Å². The van der Waals surface area contributed by atoms with E-state index in [-0.39, 0.29) is 22.2 Å². The van der Waals surface area contributed by atoms with E-state index in [4.69, 9.17) is 0 Å². The number of carbonyl (C=O) groups excluding carboxylic acids is 1. The Kier molecular flexibility index (Phi) is 5.62. The normalized spacial score (nSPS) is 11.4. The standard InChI is InChI=1S/C22H19N3O4S2/c1-15-6-12-18(13-7-15)31(28,29)24-17-10-8-16(9-11-17)23-21(26)14-25-19-4-2-3-5-20(19)30-22(25)27/h2-13,24H,14H2,1H3,(H,23,26). The molecule has 0 radical (unpaired) electrons. The first-order valence-electron chi connectivity index (χ1n) is 9.40. The van der Waals surface area contributed by atoms with Crippen LogP contribution in [0.5, 0.6) is 0 Å². The van der Waals surface area contributed by atoms with Crippen molar-refractivity contribution in [1.82, 2.24) is 4.57 Å². The quantitative estimate of drug-likeness (QED) is 0.464. The maximum atomic E-state index is 12.5. The van der Waals surface area contributed by atoms with Gasteiger partial charge in [0, 0.05) is 11.4 Å². The van der Waals surface area contributed by atoms with E-state index in [9.17, 15) is 18.0 Å². The van der Waals surface area contributed by atoms with Crippen LogP contribution >= 0.6 is 11.3 Å². The van der Waals surface area contributed by atoms with Gasteiger partial charge in [-0.1, -0.05) is 41.2 Å². The number of sulfonamides is 1. The third-order valence-corrected chi connectivity index (χ3v) is 6.98. The molecule has 158 valence electrons. The van der Waals surface area contributed by atoms with Gasteiger partial charge in [-0.3, -0.25) is 18.9 Å². The van der Waals surface area contributed by atoms with Crippen molar-refractivity contribution in [2.24, 2.45) is 0 Å². The second-order valence-electron chi connectivity index (χ2n) is 6.97. The number of anilines is 2. The second-order valence-corrected chi connectivity index (χ2v) is 9.64. The van der Waals surface area contributed by atoms with E-state index in [0.717, 1.165) is 21.6 Å². The lowest BCUT2D eigenvalue weighted by molar-refractivity contribution is -0.116. The van der Waals surface area contributed by atoms with Gasteiger partial charge in [-0.25, -0.2) is 8.42 Å². The van der Waals surface area contributed by atoms with Crippen molar-refractivity contribution in [3.8, 4) is 0 Å². The Morgan fingerprint density at radius 1 is 0.935 bits per heavy atom. The molecule has 4 rings (SSSR count). The molecule has 3 aromatic carbocycles. The molecule has 9 heteroatoms. The molecule has 7 nitrogen and oxygen atoms in total. The van der Waals surface area contributed by atoms with Gasteiger partial charge >= 0.3 is 4.87 Å². The van der Waals surface area contributed by atoms with E-state index >= 15 is 0 Å². The summed E-state index contributed by atoms with van der Waals surface area (Å²) in [6.45, 7) is 1.78. The zero-order chi connectivity index (χ0) is 22.0. The SMILES string of the molecule is Cc1ccc(S(=O)(=O)Nc2ccc(NC(=O)Cn3c(=O)sc4ccccc43)cc2)cc1. The van der Waals surface area contributed by atoms with Crippen LogP contribution < -0.4 is 14.9 Å². The van der Waals surface area contributed by atoms with Crippen molar-refractivity contribution in [3.05, 3.63) is 88.0 Å². The maximum Gasteiger partial charge on any atom is 0.308 e. The molecule has 0 atom stereocenters. The third kappa shape index (κ3) is 4.68. The Labute approximate surface area is 183 Å². The minimum absolute atomic E-state index is 0.106. The first kappa shape index (κ1) is 20.8. The van der Waals surface area contributed by atoms with Crippen molar-refractivity contribution >= 4 is 48.9 Å². The number of thiazole rings is 1. The van der Waals surface area contributed by atoms with Crippen LogP contribution in [0.1, 0.15) is 5.56 Å². The van der Waals surface area contributed by atoms with E-state index in [0.29, 0.717) is 16.9 Å². The molecule has 2 N–H and O–H groups in total. The largest absolute Gasteiger partial charge is 0.325 e. The highest BCUT2D eigenvalue weighted by Gasteiger charge is 2.14. The molecule has 0 aliphatic carbocycles. The average Bonchev–Trinajstić information content (AvgIpc) is 3.05. The summed E-state index contributed by atoms with van der Waals surface area (Å²) in [5.74, 6) is -0.348. The van der Waals surface area contributed by atoms with Gasteiger partial charge in [-0.05, 0) is 55.5 Å². The van der Waals surface area contributed by atoms with Crippen LogP contribution in [0.3, 0.4) is 0 Å². The summed E-state index contributed by atoms with van der Waals surface area (Å²) in [6.07, 6.45) is 0. The van der Waals surface area contributed by atoms with E-state index in [1.807, 2.05) is 25.1 Å². The number of aryl methyl sites for hydroxylation is 1. The molecule has 1 heterocycles. The number of rotatable bonds is 6.